The number of rotatable bonds is 8. The maximum atomic E-state index is 11.8. The number of nitrogens with one attached hydrogen (secondary N) is 2. The van der Waals surface area contributed by atoms with Crippen molar-refractivity contribution in [3.63, 3.8) is 0 Å². The minimum absolute atomic E-state index is 0.184. The number of pyridine rings is 1. The number of benzene rings is 1. The van der Waals surface area contributed by atoms with Gasteiger partial charge in [-0.2, -0.15) is 0 Å². The summed E-state index contributed by atoms with van der Waals surface area (Å²) in [6.07, 6.45) is 7.13. The van der Waals surface area contributed by atoms with Gasteiger partial charge >= 0.3 is 0 Å². The lowest BCUT2D eigenvalue weighted by Gasteiger charge is -2.07. The molecule has 7 nitrogen and oxygen atoms in total. The van der Waals surface area contributed by atoms with Gasteiger partial charge in [0.1, 0.15) is 5.75 Å². The van der Waals surface area contributed by atoms with E-state index in [-0.39, 0.29) is 12.5 Å². The van der Waals surface area contributed by atoms with E-state index < -0.39 is 5.91 Å². The molecule has 0 saturated heterocycles. The van der Waals surface area contributed by atoms with Crippen molar-refractivity contribution in [2.75, 3.05) is 13.2 Å². The van der Waals surface area contributed by atoms with Crippen molar-refractivity contribution in [3.8, 4) is 5.75 Å². The van der Waals surface area contributed by atoms with Crippen molar-refractivity contribution in [3.05, 3.63) is 66.0 Å². The lowest BCUT2D eigenvalue weighted by molar-refractivity contribution is -0.131. The van der Waals surface area contributed by atoms with E-state index >= 15 is 0 Å². The Kier molecular flexibility index (Phi) is 7.14. The van der Waals surface area contributed by atoms with Crippen LogP contribution in [0.4, 0.5) is 0 Å². The van der Waals surface area contributed by atoms with Gasteiger partial charge in [0.2, 0.25) is 5.91 Å². The molecule has 0 saturated carbocycles. The van der Waals surface area contributed by atoms with Crippen LogP contribution >= 0.6 is 0 Å². The molecule has 2 amide bonds. The standard InChI is InChI=1S/C18H19N3O4/c22-17(7-6-15-4-2-9-19-12-15)20-10-8-14-3-1-5-16(11-14)25-13-18(23)21-24/h1-7,9,11-12,24H,8,10,13H2,(H,20,22)(H,21,23)/b7-6+. The summed E-state index contributed by atoms with van der Waals surface area (Å²) in [6, 6.07) is 10.9. The van der Waals surface area contributed by atoms with Gasteiger partial charge in [0.15, 0.2) is 6.61 Å². The molecule has 3 N–H and O–H groups in total. The van der Waals surface area contributed by atoms with E-state index in [1.54, 1.807) is 42.7 Å². The molecule has 130 valence electrons. The van der Waals surface area contributed by atoms with Gasteiger partial charge in [-0.15, -0.1) is 0 Å². The van der Waals surface area contributed by atoms with Crippen molar-refractivity contribution < 1.29 is 19.5 Å². The second-order valence-corrected chi connectivity index (χ2v) is 5.13. The molecule has 0 radical (unpaired) electrons. The third-order valence-electron chi connectivity index (χ3n) is 3.22. The zero-order chi connectivity index (χ0) is 17.9. The van der Waals surface area contributed by atoms with E-state index in [0.717, 1.165) is 11.1 Å². The maximum Gasteiger partial charge on any atom is 0.281 e. The van der Waals surface area contributed by atoms with Crippen LogP contribution in [-0.4, -0.2) is 35.2 Å². The summed E-state index contributed by atoms with van der Waals surface area (Å²) in [5.74, 6) is -0.294. The number of hydrogen-bond acceptors (Lipinski definition) is 5. The van der Waals surface area contributed by atoms with Crippen LogP contribution in [0.25, 0.3) is 6.08 Å². The maximum absolute atomic E-state index is 11.8. The van der Waals surface area contributed by atoms with E-state index in [0.29, 0.717) is 18.7 Å². The fourth-order valence-electron chi connectivity index (χ4n) is 2.01. The highest BCUT2D eigenvalue weighted by molar-refractivity contribution is 5.91. The SMILES string of the molecule is O=C(/C=C/c1cccnc1)NCCc1cccc(OCC(=O)NO)c1. The number of nitrogens with zero attached hydrogens (tertiary/aromatic N) is 1. The van der Waals surface area contributed by atoms with Crippen LogP contribution in [0.5, 0.6) is 5.75 Å². The van der Waals surface area contributed by atoms with Crippen molar-refractivity contribution in [1.82, 2.24) is 15.8 Å². The number of amides is 2. The first kappa shape index (κ1) is 18.2. The molecule has 0 fully saturated rings. The monoisotopic (exact) mass is 341 g/mol. The highest BCUT2D eigenvalue weighted by Gasteiger charge is 2.02. The first-order chi connectivity index (χ1) is 12.2. The van der Waals surface area contributed by atoms with Gasteiger partial charge in [0.25, 0.3) is 5.91 Å². The quantitative estimate of drug-likeness (QED) is 0.382. The summed E-state index contributed by atoms with van der Waals surface area (Å²) in [7, 11) is 0. The normalized spacial score (nSPS) is 10.4. The molecule has 2 aromatic rings. The zero-order valence-corrected chi connectivity index (χ0v) is 13.5. The second kappa shape index (κ2) is 9.84. The summed E-state index contributed by atoms with van der Waals surface area (Å²) in [5, 5.41) is 11.2. The van der Waals surface area contributed by atoms with Crippen molar-refractivity contribution in [2.24, 2.45) is 0 Å². The molecular formula is C18H19N3O4. The molecule has 0 spiro atoms. The predicted octanol–water partition coefficient (Wildman–Crippen LogP) is 1.34. The van der Waals surface area contributed by atoms with Crippen LogP contribution in [0.15, 0.2) is 54.9 Å². The molecule has 1 aromatic carbocycles. The van der Waals surface area contributed by atoms with Crippen molar-refractivity contribution in [1.29, 1.82) is 0 Å². The Morgan fingerprint density at radius 3 is 2.88 bits per heavy atom. The summed E-state index contributed by atoms with van der Waals surface area (Å²) < 4.78 is 5.24. The minimum atomic E-state index is -0.627. The molecule has 0 aliphatic heterocycles. The number of carbonyl (C=O) groups excluding carboxylic acids is 2. The minimum Gasteiger partial charge on any atom is -0.484 e. The predicted molar refractivity (Wildman–Crippen MR) is 91.9 cm³/mol. The van der Waals surface area contributed by atoms with E-state index in [1.165, 1.54) is 11.6 Å². The highest BCUT2D eigenvalue weighted by Crippen LogP contribution is 2.13. The van der Waals surface area contributed by atoms with Gasteiger partial charge in [-0.1, -0.05) is 18.2 Å². The molecule has 0 atom stereocenters. The zero-order valence-electron chi connectivity index (χ0n) is 13.5. The molecule has 25 heavy (non-hydrogen) atoms. The number of ether oxygens (including phenoxy) is 1. The second-order valence-electron chi connectivity index (χ2n) is 5.13. The van der Waals surface area contributed by atoms with Crippen molar-refractivity contribution in [2.45, 2.75) is 6.42 Å². The fraction of sp³-hybridized carbons (Fsp3) is 0.167. The molecular weight excluding hydrogens is 322 g/mol. The van der Waals surface area contributed by atoms with E-state index in [2.05, 4.69) is 10.3 Å². The van der Waals surface area contributed by atoms with Gasteiger partial charge in [0, 0.05) is 25.0 Å². The molecule has 0 unspecified atom stereocenters. The molecule has 1 heterocycles. The van der Waals surface area contributed by atoms with Gasteiger partial charge in [0.05, 0.1) is 0 Å². The Bertz CT molecular complexity index is 732. The Labute approximate surface area is 145 Å². The summed E-state index contributed by atoms with van der Waals surface area (Å²) in [5.41, 5.74) is 3.31. The van der Waals surface area contributed by atoms with E-state index in [4.69, 9.17) is 9.94 Å². The highest BCUT2D eigenvalue weighted by atomic mass is 16.5. The average Bonchev–Trinajstić information content (AvgIpc) is 2.65. The van der Waals surface area contributed by atoms with Crippen LogP contribution < -0.4 is 15.5 Å². The molecule has 2 rings (SSSR count). The van der Waals surface area contributed by atoms with Gasteiger partial charge < -0.3 is 10.1 Å². The number of carbonyl (C=O) groups is 2. The van der Waals surface area contributed by atoms with E-state index in [9.17, 15) is 9.59 Å². The first-order valence-electron chi connectivity index (χ1n) is 7.68. The lowest BCUT2D eigenvalue weighted by Crippen LogP contribution is -2.25. The lowest BCUT2D eigenvalue weighted by atomic mass is 10.1. The van der Waals surface area contributed by atoms with Gasteiger partial charge in [-0.25, -0.2) is 5.48 Å². The third-order valence-corrected chi connectivity index (χ3v) is 3.22. The summed E-state index contributed by atoms with van der Waals surface area (Å²) in [4.78, 5) is 26.7. The topological polar surface area (TPSA) is 101 Å². The largest absolute Gasteiger partial charge is 0.484 e. The van der Waals surface area contributed by atoms with Gasteiger partial charge in [-0.3, -0.25) is 19.8 Å². The Hall–Kier alpha value is -3.19. The Morgan fingerprint density at radius 2 is 2.12 bits per heavy atom. The Balaban J connectivity index is 1.76. The fourth-order valence-corrected chi connectivity index (χ4v) is 2.01. The van der Waals surface area contributed by atoms with Crippen molar-refractivity contribution >= 4 is 17.9 Å². The van der Waals surface area contributed by atoms with Crippen LogP contribution in [0, 0.1) is 0 Å². The number of aromatic nitrogens is 1. The number of hydrogen-bond donors (Lipinski definition) is 3. The molecule has 1 aromatic heterocycles. The van der Waals surface area contributed by atoms with Crippen LogP contribution in [0.2, 0.25) is 0 Å². The van der Waals surface area contributed by atoms with Crippen LogP contribution in [0.3, 0.4) is 0 Å². The smallest absolute Gasteiger partial charge is 0.281 e. The molecule has 0 aliphatic carbocycles. The molecule has 7 heteroatoms. The van der Waals surface area contributed by atoms with Crippen LogP contribution in [-0.2, 0) is 16.0 Å². The molecule has 0 aliphatic rings. The third kappa shape index (κ3) is 6.84. The average molecular weight is 341 g/mol. The number of hydroxylamine groups is 1. The Morgan fingerprint density at radius 1 is 1.24 bits per heavy atom. The summed E-state index contributed by atoms with van der Waals surface area (Å²) >= 11 is 0. The first-order valence-corrected chi connectivity index (χ1v) is 7.68. The van der Waals surface area contributed by atoms with Crippen LogP contribution in [0.1, 0.15) is 11.1 Å². The van der Waals surface area contributed by atoms with E-state index in [1.807, 2.05) is 12.1 Å². The summed E-state index contributed by atoms with van der Waals surface area (Å²) in [6.45, 7) is 0.201. The molecule has 0 bridgehead atoms. The van der Waals surface area contributed by atoms with Gasteiger partial charge in [-0.05, 0) is 41.8 Å².